The van der Waals surface area contributed by atoms with Gasteiger partial charge in [0.2, 0.25) is 0 Å². The summed E-state index contributed by atoms with van der Waals surface area (Å²) in [4.78, 5) is 31.4. The van der Waals surface area contributed by atoms with Crippen molar-refractivity contribution in [3.8, 4) is 17.3 Å². The van der Waals surface area contributed by atoms with E-state index < -0.39 is 0 Å². The van der Waals surface area contributed by atoms with Crippen LogP contribution in [0.15, 0.2) is 65.8 Å². The fourth-order valence-electron chi connectivity index (χ4n) is 3.90. The van der Waals surface area contributed by atoms with Crippen LogP contribution in [-0.4, -0.2) is 35.9 Å². The highest BCUT2D eigenvalue weighted by molar-refractivity contribution is 5.49. The number of H-pyrrole nitrogens is 1. The molecule has 1 N–H and O–H groups in total. The fourth-order valence-corrected chi connectivity index (χ4v) is 3.90. The van der Waals surface area contributed by atoms with Crippen LogP contribution in [-0.2, 0) is 19.5 Å². The Morgan fingerprint density at radius 1 is 1.10 bits per heavy atom. The van der Waals surface area contributed by atoms with Gasteiger partial charge in [-0.3, -0.25) is 14.7 Å². The lowest BCUT2D eigenvalue weighted by Gasteiger charge is -2.28. The lowest BCUT2D eigenvalue weighted by Crippen LogP contribution is -2.35. The van der Waals surface area contributed by atoms with Gasteiger partial charge in [0, 0.05) is 49.5 Å². The third-order valence-electron chi connectivity index (χ3n) is 5.43. The molecule has 0 bridgehead atoms. The van der Waals surface area contributed by atoms with Gasteiger partial charge in [0.15, 0.2) is 5.82 Å². The first-order chi connectivity index (χ1) is 14.7. The predicted octanol–water partition coefficient (Wildman–Crippen LogP) is 2.88. The summed E-state index contributed by atoms with van der Waals surface area (Å²) in [5.74, 6) is 1.44. The monoisotopic (exact) mass is 398 g/mol. The maximum absolute atomic E-state index is 12.6. The molecule has 0 amide bonds. The number of rotatable bonds is 4. The van der Waals surface area contributed by atoms with Gasteiger partial charge in [-0.2, -0.15) is 0 Å². The maximum Gasteiger partial charge on any atom is 0.254 e. The molecule has 5 heterocycles. The fraction of sp³-hybridized carbons (Fsp3) is 0.217. The van der Waals surface area contributed by atoms with E-state index >= 15 is 0 Å². The van der Waals surface area contributed by atoms with E-state index in [0.717, 1.165) is 35.9 Å². The summed E-state index contributed by atoms with van der Waals surface area (Å²) in [7, 11) is 0. The molecule has 7 heteroatoms. The van der Waals surface area contributed by atoms with E-state index in [0.29, 0.717) is 24.5 Å². The van der Waals surface area contributed by atoms with Crippen molar-refractivity contribution in [1.82, 2.24) is 29.4 Å². The second-order valence-corrected chi connectivity index (χ2v) is 7.58. The number of fused-ring (bicyclic) bond motifs is 1. The van der Waals surface area contributed by atoms with Crippen LogP contribution in [0.25, 0.3) is 17.3 Å². The normalized spacial score (nSPS) is 13.9. The van der Waals surface area contributed by atoms with Gasteiger partial charge in [-0.1, -0.05) is 6.07 Å². The molecule has 1 aliphatic rings. The van der Waals surface area contributed by atoms with Gasteiger partial charge < -0.3 is 9.55 Å². The Morgan fingerprint density at radius 3 is 2.87 bits per heavy atom. The smallest absolute Gasteiger partial charge is 0.254 e. The zero-order valence-corrected chi connectivity index (χ0v) is 16.7. The van der Waals surface area contributed by atoms with Gasteiger partial charge in [-0.15, -0.1) is 0 Å². The SMILES string of the molecule is Cc1ccnc(-n2cccc2CN2CCc3c(nc(-c4ccccn4)[nH]c3=O)C2)c1. The number of nitrogens with zero attached hydrogens (tertiary/aromatic N) is 5. The van der Waals surface area contributed by atoms with Crippen LogP contribution in [0.5, 0.6) is 0 Å². The van der Waals surface area contributed by atoms with Crippen LogP contribution in [0.2, 0.25) is 0 Å². The molecule has 0 aromatic carbocycles. The quantitative estimate of drug-likeness (QED) is 0.572. The summed E-state index contributed by atoms with van der Waals surface area (Å²) in [6.07, 6.45) is 6.26. The van der Waals surface area contributed by atoms with Crippen LogP contribution in [0.3, 0.4) is 0 Å². The highest BCUT2D eigenvalue weighted by Gasteiger charge is 2.22. The molecule has 0 fully saturated rings. The molecule has 30 heavy (non-hydrogen) atoms. The lowest BCUT2D eigenvalue weighted by atomic mass is 10.1. The number of nitrogens with one attached hydrogen (secondary N) is 1. The van der Waals surface area contributed by atoms with Gasteiger partial charge in [0.05, 0.1) is 5.69 Å². The number of aromatic nitrogens is 5. The first kappa shape index (κ1) is 18.4. The van der Waals surface area contributed by atoms with E-state index in [1.807, 2.05) is 42.7 Å². The number of pyridine rings is 2. The van der Waals surface area contributed by atoms with Crippen molar-refractivity contribution < 1.29 is 0 Å². The number of aryl methyl sites for hydroxylation is 1. The Balaban J connectivity index is 1.41. The summed E-state index contributed by atoms with van der Waals surface area (Å²) < 4.78 is 2.12. The van der Waals surface area contributed by atoms with Crippen LogP contribution >= 0.6 is 0 Å². The topological polar surface area (TPSA) is 79.7 Å². The summed E-state index contributed by atoms with van der Waals surface area (Å²) in [5, 5.41) is 0. The van der Waals surface area contributed by atoms with Crippen molar-refractivity contribution in [1.29, 1.82) is 0 Å². The molecule has 0 radical (unpaired) electrons. The zero-order chi connectivity index (χ0) is 20.5. The second kappa shape index (κ2) is 7.68. The van der Waals surface area contributed by atoms with Crippen LogP contribution in [0.1, 0.15) is 22.5 Å². The van der Waals surface area contributed by atoms with Crippen molar-refractivity contribution in [2.75, 3.05) is 6.54 Å². The predicted molar refractivity (Wildman–Crippen MR) is 114 cm³/mol. The molecule has 0 saturated carbocycles. The molecule has 0 atom stereocenters. The largest absolute Gasteiger partial charge is 0.305 e. The minimum absolute atomic E-state index is 0.0624. The number of hydrogen-bond donors (Lipinski definition) is 1. The zero-order valence-electron chi connectivity index (χ0n) is 16.7. The minimum Gasteiger partial charge on any atom is -0.305 e. The van der Waals surface area contributed by atoms with Gasteiger partial charge >= 0.3 is 0 Å². The van der Waals surface area contributed by atoms with Crippen molar-refractivity contribution in [3.05, 3.63) is 93.9 Å². The molecular formula is C23H22N6O. The first-order valence-electron chi connectivity index (χ1n) is 10.0. The lowest BCUT2D eigenvalue weighted by molar-refractivity contribution is 0.236. The molecule has 5 rings (SSSR count). The Morgan fingerprint density at radius 2 is 2.03 bits per heavy atom. The van der Waals surface area contributed by atoms with Crippen molar-refractivity contribution in [3.63, 3.8) is 0 Å². The van der Waals surface area contributed by atoms with E-state index in [-0.39, 0.29) is 5.56 Å². The van der Waals surface area contributed by atoms with Crippen LogP contribution in [0, 0.1) is 6.92 Å². The minimum atomic E-state index is -0.0624. The maximum atomic E-state index is 12.6. The summed E-state index contributed by atoms with van der Waals surface area (Å²) in [6.45, 7) is 4.27. The van der Waals surface area contributed by atoms with Gasteiger partial charge in [0.25, 0.3) is 5.56 Å². The Bertz CT molecular complexity index is 1240. The molecule has 0 aliphatic carbocycles. The average molecular weight is 398 g/mol. The number of hydrogen-bond acceptors (Lipinski definition) is 5. The molecular weight excluding hydrogens is 376 g/mol. The van der Waals surface area contributed by atoms with E-state index in [4.69, 9.17) is 4.98 Å². The first-order valence-corrected chi connectivity index (χ1v) is 10.0. The van der Waals surface area contributed by atoms with E-state index in [2.05, 4.69) is 43.5 Å². The molecule has 0 spiro atoms. The third kappa shape index (κ3) is 3.55. The van der Waals surface area contributed by atoms with Crippen molar-refractivity contribution >= 4 is 0 Å². The summed E-state index contributed by atoms with van der Waals surface area (Å²) >= 11 is 0. The summed E-state index contributed by atoms with van der Waals surface area (Å²) in [5.41, 5.74) is 4.56. The van der Waals surface area contributed by atoms with E-state index in [9.17, 15) is 4.79 Å². The van der Waals surface area contributed by atoms with Gasteiger partial charge in [-0.05, 0) is 55.3 Å². The van der Waals surface area contributed by atoms with E-state index in [1.165, 1.54) is 5.56 Å². The van der Waals surface area contributed by atoms with Crippen LogP contribution in [0.4, 0.5) is 0 Å². The van der Waals surface area contributed by atoms with Gasteiger partial charge in [-0.25, -0.2) is 9.97 Å². The molecule has 0 unspecified atom stereocenters. The standard InChI is InChI=1S/C23H22N6O/c1-16-7-10-25-21(13-16)29-11-4-5-17(29)14-28-12-8-18-20(15-28)26-22(27-23(18)30)19-6-2-3-9-24-19/h2-7,9-11,13H,8,12,14-15H2,1H3,(H,26,27,30). The third-order valence-corrected chi connectivity index (χ3v) is 5.43. The molecule has 0 saturated heterocycles. The number of aromatic amines is 1. The Kier molecular flexibility index (Phi) is 4.72. The highest BCUT2D eigenvalue weighted by Crippen LogP contribution is 2.20. The molecule has 7 nitrogen and oxygen atoms in total. The van der Waals surface area contributed by atoms with Gasteiger partial charge in [0.1, 0.15) is 11.5 Å². The Hall–Kier alpha value is -3.58. The Labute approximate surface area is 174 Å². The summed E-state index contributed by atoms with van der Waals surface area (Å²) in [6, 6.07) is 13.8. The molecule has 4 aromatic rings. The highest BCUT2D eigenvalue weighted by atomic mass is 16.1. The average Bonchev–Trinajstić information content (AvgIpc) is 3.22. The van der Waals surface area contributed by atoms with Crippen LogP contribution < -0.4 is 5.56 Å². The molecule has 4 aromatic heterocycles. The van der Waals surface area contributed by atoms with Crippen molar-refractivity contribution in [2.45, 2.75) is 26.4 Å². The second-order valence-electron chi connectivity index (χ2n) is 7.58. The molecule has 1 aliphatic heterocycles. The molecule has 150 valence electrons. The van der Waals surface area contributed by atoms with E-state index in [1.54, 1.807) is 6.20 Å². The van der Waals surface area contributed by atoms with Crippen molar-refractivity contribution in [2.24, 2.45) is 0 Å².